The van der Waals surface area contributed by atoms with Crippen molar-refractivity contribution in [2.24, 2.45) is 0 Å². The van der Waals surface area contributed by atoms with Crippen molar-refractivity contribution in [3.05, 3.63) is 41.5 Å². The van der Waals surface area contributed by atoms with Gasteiger partial charge in [0.2, 0.25) is 0 Å². The van der Waals surface area contributed by atoms with E-state index in [1.165, 1.54) is 5.57 Å². The highest BCUT2D eigenvalue weighted by molar-refractivity contribution is 6.03. The zero-order valence-corrected chi connectivity index (χ0v) is 7.71. The topological polar surface area (TPSA) is 17.1 Å². The first-order chi connectivity index (χ1) is 6.33. The summed E-state index contributed by atoms with van der Waals surface area (Å²) >= 11 is 0. The molecule has 13 heavy (non-hydrogen) atoms. The summed E-state index contributed by atoms with van der Waals surface area (Å²) in [6.07, 6.45) is 3.66. The molecule has 0 spiro atoms. The second-order valence-corrected chi connectivity index (χ2v) is 3.28. The molecule has 0 bridgehead atoms. The van der Waals surface area contributed by atoms with E-state index in [2.05, 4.69) is 6.08 Å². The van der Waals surface area contributed by atoms with Crippen LogP contribution in [0.2, 0.25) is 0 Å². The van der Waals surface area contributed by atoms with Crippen LogP contribution in [0.3, 0.4) is 0 Å². The molecule has 0 saturated heterocycles. The van der Waals surface area contributed by atoms with E-state index in [0.717, 1.165) is 17.5 Å². The van der Waals surface area contributed by atoms with Gasteiger partial charge in [0.05, 0.1) is 0 Å². The lowest BCUT2D eigenvalue weighted by Crippen LogP contribution is -2.09. The minimum absolute atomic E-state index is 0.279. The van der Waals surface area contributed by atoms with Crippen molar-refractivity contribution in [3.8, 4) is 0 Å². The number of ketones is 1. The Kier molecular flexibility index (Phi) is 2.01. The van der Waals surface area contributed by atoms with Gasteiger partial charge in [-0.1, -0.05) is 30.3 Å². The third-order valence-corrected chi connectivity index (χ3v) is 2.54. The molecule has 2 rings (SSSR count). The molecule has 0 unspecified atom stereocenters. The number of hydrogen-bond donors (Lipinski definition) is 0. The van der Waals surface area contributed by atoms with Crippen LogP contribution in [0.5, 0.6) is 0 Å². The lowest BCUT2D eigenvalue weighted by Gasteiger charge is -2.17. The van der Waals surface area contributed by atoms with Gasteiger partial charge in [-0.3, -0.25) is 4.79 Å². The normalized spacial score (nSPS) is 18.8. The second-order valence-electron chi connectivity index (χ2n) is 3.28. The molecule has 0 radical (unpaired) electrons. The Morgan fingerprint density at radius 1 is 1.15 bits per heavy atom. The number of carbonyl (C=O) groups is 1. The third-order valence-electron chi connectivity index (χ3n) is 2.54. The van der Waals surface area contributed by atoms with Gasteiger partial charge < -0.3 is 0 Å². The summed E-state index contributed by atoms with van der Waals surface area (Å²) in [6.45, 7) is 2.03. The molecular formula is C12H12O. The summed E-state index contributed by atoms with van der Waals surface area (Å²) in [5, 5.41) is 0. The van der Waals surface area contributed by atoms with Gasteiger partial charge >= 0.3 is 0 Å². The average molecular weight is 172 g/mol. The molecule has 0 saturated carbocycles. The van der Waals surface area contributed by atoms with Crippen LogP contribution < -0.4 is 0 Å². The first-order valence-corrected chi connectivity index (χ1v) is 4.60. The van der Waals surface area contributed by atoms with Crippen LogP contribution in [0.4, 0.5) is 0 Å². The van der Waals surface area contributed by atoms with Crippen molar-refractivity contribution >= 4 is 11.4 Å². The Morgan fingerprint density at radius 2 is 1.85 bits per heavy atom. The molecule has 0 atom stereocenters. The minimum atomic E-state index is 0.279. The zero-order valence-electron chi connectivity index (χ0n) is 7.71. The van der Waals surface area contributed by atoms with Crippen LogP contribution in [0.1, 0.15) is 35.7 Å². The van der Waals surface area contributed by atoms with Crippen molar-refractivity contribution in [3.63, 3.8) is 0 Å². The molecule has 1 aromatic rings. The van der Waals surface area contributed by atoms with Crippen LogP contribution in [-0.2, 0) is 0 Å². The standard InChI is InChI=1S/C12H12O/c1-2-9-7-8-12(13)11-6-4-3-5-10(9)11/h2-6H,7-8H2,1H3. The minimum Gasteiger partial charge on any atom is -0.294 e. The van der Waals surface area contributed by atoms with E-state index in [1.807, 2.05) is 31.2 Å². The predicted octanol–water partition coefficient (Wildman–Crippen LogP) is 3.07. The zero-order chi connectivity index (χ0) is 9.26. The van der Waals surface area contributed by atoms with Crippen LogP contribution in [0.15, 0.2) is 30.3 Å². The van der Waals surface area contributed by atoms with Crippen LogP contribution >= 0.6 is 0 Å². The van der Waals surface area contributed by atoms with E-state index < -0.39 is 0 Å². The van der Waals surface area contributed by atoms with Gasteiger partial charge in [0, 0.05) is 12.0 Å². The number of Topliss-reactive ketones (excluding diaryl/α,β-unsaturated/α-hetero) is 1. The summed E-state index contributed by atoms with van der Waals surface area (Å²) in [5.41, 5.74) is 3.32. The van der Waals surface area contributed by atoms with Crippen molar-refractivity contribution in [2.45, 2.75) is 19.8 Å². The number of carbonyl (C=O) groups excluding carboxylic acids is 1. The van der Waals surface area contributed by atoms with Gasteiger partial charge in [0.25, 0.3) is 0 Å². The maximum atomic E-state index is 11.5. The molecule has 1 aliphatic rings. The molecule has 0 aromatic heterocycles. The number of allylic oxidation sites excluding steroid dienone is 2. The highest BCUT2D eigenvalue weighted by Gasteiger charge is 2.18. The molecule has 0 fully saturated rings. The van der Waals surface area contributed by atoms with Crippen LogP contribution in [0.25, 0.3) is 5.57 Å². The smallest absolute Gasteiger partial charge is 0.163 e. The highest BCUT2D eigenvalue weighted by Crippen LogP contribution is 2.29. The highest BCUT2D eigenvalue weighted by atomic mass is 16.1. The third kappa shape index (κ3) is 1.31. The van der Waals surface area contributed by atoms with Gasteiger partial charge in [-0.25, -0.2) is 0 Å². The SMILES string of the molecule is CC=C1CCC(=O)c2ccccc21. The maximum absolute atomic E-state index is 11.5. The Hall–Kier alpha value is -1.37. The first kappa shape index (κ1) is 8.24. The molecule has 1 aliphatic carbocycles. The van der Waals surface area contributed by atoms with E-state index in [4.69, 9.17) is 0 Å². The summed E-state index contributed by atoms with van der Waals surface area (Å²) < 4.78 is 0. The van der Waals surface area contributed by atoms with E-state index >= 15 is 0 Å². The lowest BCUT2D eigenvalue weighted by molar-refractivity contribution is 0.0981. The van der Waals surface area contributed by atoms with E-state index in [0.29, 0.717) is 6.42 Å². The second kappa shape index (κ2) is 3.17. The van der Waals surface area contributed by atoms with Gasteiger partial charge in [0.15, 0.2) is 5.78 Å². The number of rotatable bonds is 0. The van der Waals surface area contributed by atoms with Crippen molar-refractivity contribution < 1.29 is 4.79 Å². The maximum Gasteiger partial charge on any atom is 0.163 e. The molecule has 1 aromatic carbocycles. The summed E-state index contributed by atoms with van der Waals surface area (Å²) in [7, 11) is 0. The molecule has 0 aliphatic heterocycles. The quantitative estimate of drug-likeness (QED) is 0.587. The fraction of sp³-hybridized carbons (Fsp3) is 0.250. The van der Waals surface area contributed by atoms with E-state index in [1.54, 1.807) is 0 Å². The predicted molar refractivity (Wildman–Crippen MR) is 53.7 cm³/mol. The van der Waals surface area contributed by atoms with Crippen LogP contribution in [-0.4, -0.2) is 5.78 Å². The number of benzene rings is 1. The molecule has 1 heteroatoms. The number of fused-ring (bicyclic) bond motifs is 1. The Morgan fingerprint density at radius 3 is 2.54 bits per heavy atom. The van der Waals surface area contributed by atoms with Gasteiger partial charge in [-0.15, -0.1) is 0 Å². The first-order valence-electron chi connectivity index (χ1n) is 4.60. The summed E-state index contributed by atoms with van der Waals surface area (Å²) in [6, 6.07) is 7.86. The lowest BCUT2D eigenvalue weighted by atomic mass is 9.86. The molecule has 0 N–H and O–H groups in total. The van der Waals surface area contributed by atoms with E-state index in [9.17, 15) is 4.79 Å². The molecule has 66 valence electrons. The fourth-order valence-electron chi connectivity index (χ4n) is 1.82. The van der Waals surface area contributed by atoms with Crippen molar-refractivity contribution in [1.82, 2.24) is 0 Å². The Bertz CT molecular complexity index is 374. The van der Waals surface area contributed by atoms with Gasteiger partial charge in [-0.2, -0.15) is 0 Å². The average Bonchev–Trinajstić information content (AvgIpc) is 2.19. The summed E-state index contributed by atoms with van der Waals surface area (Å²) in [4.78, 5) is 11.5. The van der Waals surface area contributed by atoms with Crippen LogP contribution in [0, 0.1) is 0 Å². The summed E-state index contributed by atoms with van der Waals surface area (Å²) in [5.74, 6) is 0.279. The monoisotopic (exact) mass is 172 g/mol. The number of hydrogen-bond acceptors (Lipinski definition) is 1. The molecule has 0 heterocycles. The molecule has 1 nitrogen and oxygen atoms in total. The Labute approximate surface area is 78.1 Å². The molecular weight excluding hydrogens is 160 g/mol. The largest absolute Gasteiger partial charge is 0.294 e. The Balaban J connectivity index is 2.61. The fourth-order valence-corrected chi connectivity index (χ4v) is 1.82. The molecule has 0 amide bonds. The van der Waals surface area contributed by atoms with E-state index in [-0.39, 0.29) is 5.78 Å². The van der Waals surface area contributed by atoms with Crippen molar-refractivity contribution in [2.75, 3.05) is 0 Å². The van der Waals surface area contributed by atoms with Gasteiger partial charge in [-0.05, 0) is 24.5 Å². The van der Waals surface area contributed by atoms with Crippen molar-refractivity contribution in [1.29, 1.82) is 0 Å². The van der Waals surface area contributed by atoms with Gasteiger partial charge in [0.1, 0.15) is 0 Å².